The lowest BCUT2D eigenvalue weighted by molar-refractivity contribution is 0.0518. The van der Waals surface area contributed by atoms with E-state index in [0.29, 0.717) is 39.3 Å². The highest BCUT2D eigenvalue weighted by Crippen LogP contribution is 2.36. The lowest BCUT2D eigenvalue weighted by Gasteiger charge is -2.17. The Morgan fingerprint density at radius 3 is 2.35 bits per heavy atom. The third kappa shape index (κ3) is 4.69. The van der Waals surface area contributed by atoms with Crippen molar-refractivity contribution in [2.24, 2.45) is 0 Å². The normalized spacial score (nSPS) is 10.5. The molecule has 0 aliphatic rings. The van der Waals surface area contributed by atoms with Crippen molar-refractivity contribution >= 4 is 34.2 Å². The molecule has 0 saturated heterocycles. The summed E-state index contributed by atoms with van der Waals surface area (Å²) in [4.78, 5) is 29.3. The maximum atomic E-state index is 12.6. The first-order valence-electron chi connectivity index (χ1n) is 9.78. The highest BCUT2D eigenvalue weighted by molar-refractivity contribution is 6.08. The molecule has 2 aromatic carbocycles. The second-order valence-electron chi connectivity index (χ2n) is 6.41. The van der Waals surface area contributed by atoms with Gasteiger partial charge in [0.1, 0.15) is 17.1 Å². The molecule has 0 radical (unpaired) electrons. The van der Waals surface area contributed by atoms with E-state index in [-0.39, 0.29) is 18.8 Å². The predicted octanol–water partition coefficient (Wildman–Crippen LogP) is 4.35. The van der Waals surface area contributed by atoms with Crippen molar-refractivity contribution in [3.8, 4) is 11.5 Å². The Bertz CT molecular complexity index is 1110. The van der Waals surface area contributed by atoms with Gasteiger partial charge in [-0.3, -0.25) is 4.98 Å². The number of benzene rings is 2. The Labute approximate surface area is 180 Å². The van der Waals surface area contributed by atoms with Crippen LogP contribution in [0.2, 0.25) is 0 Å². The van der Waals surface area contributed by atoms with Gasteiger partial charge >= 0.3 is 11.9 Å². The molecule has 0 atom stereocenters. The van der Waals surface area contributed by atoms with Crippen molar-refractivity contribution in [2.45, 2.75) is 13.8 Å². The number of aromatic nitrogens is 1. The average molecular weight is 424 g/mol. The van der Waals surface area contributed by atoms with Gasteiger partial charge in [0.25, 0.3) is 0 Å². The third-order valence-corrected chi connectivity index (χ3v) is 4.54. The van der Waals surface area contributed by atoms with Crippen molar-refractivity contribution < 1.29 is 28.5 Å². The summed E-state index contributed by atoms with van der Waals surface area (Å²) in [6.07, 6.45) is 1.44. The number of hydrogen-bond acceptors (Lipinski definition) is 8. The summed E-state index contributed by atoms with van der Waals surface area (Å²) < 4.78 is 21.1. The van der Waals surface area contributed by atoms with Gasteiger partial charge in [0, 0.05) is 17.6 Å². The van der Waals surface area contributed by atoms with E-state index < -0.39 is 11.9 Å². The Hall–Kier alpha value is -3.81. The van der Waals surface area contributed by atoms with Crippen molar-refractivity contribution in [1.29, 1.82) is 0 Å². The average Bonchev–Trinajstić information content (AvgIpc) is 2.79. The molecule has 3 rings (SSSR count). The molecular formula is C23H24N2O6. The van der Waals surface area contributed by atoms with Crippen LogP contribution in [0.3, 0.4) is 0 Å². The number of carbonyl (C=O) groups excluding carboxylic acids is 2. The molecule has 1 aromatic heterocycles. The zero-order chi connectivity index (χ0) is 22.4. The van der Waals surface area contributed by atoms with Crippen LogP contribution in [0.5, 0.6) is 11.5 Å². The summed E-state index contributed by atoms with van der Waals surface area (Å²) in [5.41, 5.74) is 2.16. The molecule has 1 N–H and O–H groups in total. The van der Waals surface area contributed by atoms with Gasteiger partial charge < -0.3 is 24.3 Å². The number of carbonyl (C=O) groups is 2. The lowest BCUT2D eigenvalue weighted by Crippen LogP contribution is -2.10. The van der Waals surface area contributed by atoms with Crippen LogP contribution in [0.15, 0.2) is 42.6 Å². The van der Waals surface area contributed by atoms with Crippen LogP contribution in [0.25, 0.3) is 10.9 Å². The first-order chi connectivity index (χ1) is 15.0. The van der Waals surface area contributed by atoms with E-state index in [2.05, 4.69) is 10.3 Å². The van der Waals surface area contributed by atoms with Crippen LogP contribution in [-0.2, 0) is 9.47 Å². The number of nitrogens with zero attached hydrogens (tertiary/aromatic N) is 1. The monoisotopic (exact) mass is 424 g/mol. The molecule has 0 amide bonds. The van der Waals surface area contributed by atoms with E-state index in [4.69, 9.17) is 18.9 Å². The van der Waals surface area contributed by atoms with Crippen LogP contribution < -0.4 is 14.8 Å². The number of fused-ring (bicyclic) bond motifs is 1. The third-order valence-electron chi connectivity index (χ3n) is 4.54. The topological polar surface area (TPSA) is 96.0 Å². The number of rotatable bonds is 8. The second-order valence-corrected chi connectivity index (χ2v) is 6.41. The largest absolute Gasteiger partial charge is 0.497 e. The number of nitrogens with one attached hydrogen (secondary N) is 1. The van der Waals surface area contributed by atoms with Crippen LogP contribution in [0, 0.1) is 0 Å². The van der Waals surface area contributed by atoms with Crippen LogP contribution in [0.4, 0.5) is 11.4 Å². The molecule has 162 valence electrons. The molecule has 0 bridgehead atoms. The van der Waals surface area contributed by atoms with Gasteiger partial charge in [0.15, 0.2) is 0 Å². The van der Waals surface area contributed by atoms with Gasteiger partial charge in [-0.05, 0) is 44.2 Å². The second kappa shape index (κ2) is 9.80. The molecule has 0 fully saturated rings. The predicted molar refractivity (Wildman–Crippen MR) is 116 cm³/mol. The Morgan fingerprint density at radius 2 is 1.68 bits per heavy atom. The van der Waals surface area contributed by atoms with E-state index in [1.165, 1.54) is 6.20 Å². The molecule has 1 heterocycles. The zero-order valence-corrected chi connectivity index (χ0v) is 17.9. The molecule has 0 aliphatic heterocycles. The highest BCUT2D eigenvalue weighted by atomic mass is 16.5. The summed E-state index contributed by atoms with van der Waals surface area (Å²) in [6.45, 7) is 3.93. The Balaban J connectivity index is 2.22. The number of ether oxygens (including phenoxy) is 4. The van der Waals surface area contributed by atoms with Gasteiger partial charge in [-0.2, -0.15) is 0 Å². The maximum absolute atomic E-state index is 12.6. The molecular weight excluding hydrogens is 400 g/mol. The Kier molecular flexibility index (Phi) is 6.92. The van der Waals surface area contributed by atoms with Crippen molar-refractivity contribution in [2.75, 3.05) is 32.8 Å². The van der Waals surface area contributed by atoms with E-state index in [0.717, 1.165) is 0 Å². The molecule has 0 saturated carbocycles. The number of methoxy groups -OCH3 is 2. The first-order valence-corrected chi connectivity index (χ1v) is 9.78. The minimum absolute atomic E-state index is 0.210. The standard InChI is InChI=1S/C23H24N2O6/c1-5-30-22(26)14-7-9-18-16(11-14)21(17(13-24-18)23(27)31-6-2)25-19-12-15(28-3)8-10-20(19)29-4/h7-13H,5-6H2,1-4H3,(H,24,25). The molecule has 0 unspecified atom stereocenters. The summed E-state index contributed by atoms with van der Waals surface area (Å²) in [6, 6.07) is 10.2. The van der Waals surface area contributed by atoms with Crippen LogP contribution in [0.1, 0.15) is 34.6 Å². The summed E-state index contributed by atoms with van der Waals surface area (Å²) in [5, 5.41) is 3.81. The minimum Gasteiger partial charge on any atom is -0.497 e. The summed E-state index contributed by atoms with van der Waals surface area (Å²) in [7, 11) is 3.10. The first kappa shape index (κ1) is 21.9. The van der Waals surface area contributed by atoms with E-state index in [1.54, 1.807) is 64.5 Å². The number of esters is 2. The fourth-order valence-corrected chi connectivity index (χ4v) is 3.08. The molecule has 0 spiro atoms. The van der Waals surface area contributed by atoms with Gasteiger partial charge in [0.05, 0.1) is 49.9 Å². The molecule has 3 aromatic rings. The Morgan fingerprint density at radius 1 is 0.935 bits per heavy atom. The molecule has 8 heteroatoms. The SMILES string of the molecule is CCOC(=O)c1ccc2ncc(C(=O)OCC)c(Nc3cc(OC)ccc3OC)c2c1. The molecule has 31 heavy (non-hydrogen) atoms. The van der Waals surface area contributed by atoms with E-state index in [9.17, 15) is 9.59 Å². The molecule has 0 aliphatic carbocycles. The number of anilines is 2. The summed E-state index contributed by atoms with van der Waals surface area (Å²) in [5.74, 6) is 0.146. The quantitative estimate of drug-likeness (QED) is 0.533. The van der Waals surface area contributed by atoms with Gasteiger partial charge in [-0.25, -0.2) is 9.59 Å². The summed E-state index contributed by atoms with van der Waals surface area (Å²) >= 11 is 0. The number of pyridine rings is 1. The van der Waals surface area contributed by atoms with E-state index in [1.807, 2.05) is 0 Å². The van der Waals surface area contributed by atoms with E-state index >= 15 is 0 Å². The van der Waals surface area contributed by atoms with Gasteiger partial charge in [-0.1, -0.05) is 0 Å². The minimum atomic E-state index is -0.539. The van der Waals surface area contributed by atoms with Crippen molar-refractivity contribution in [3.63, 3.8) is 0 Å². The van der Waals surface area contributed by atoms with Crippen LogP contribution >= 0.6 is 0 Å². The maximum Gasteiger partial charge on any atom is 0.341 e. The van der Waals surface area contributed by atoms with Crippen molar-refractivity contribution in [3.05, 3.63) is 53.7 Å². The zero-order valence-electron chi connectivity index (χ0n) is 17.9. The highest BCUT2D eigenvalue weighted by Gasteiger charge is 2.20. The molecule has 8 nitrogen and oxygen atoms in total. The fourth-order valence-electron chi connectivity index (χ4n) is 3.08. The van der Waals surface area contributed by atoms with Crippen molar-refractivity contribution in [1.82, 2.24) is 4.98 Å². The van der Waals surface area contributed by atoms with Crippen LogP contribution in [-0.4, -0.2) is 44.4 Å². The van der Waals surface area contributed by atoms with Gasteiger partial charge in [0.2, 0.25) is 0 Å². The number of hydrogen-bond donors (Lipinski definition) is 1. The smallest absolute Gasteiger partial charge is 0.341 e. The lowest BCUT2D eigenvalue weighted by atomic mass is 10.1. The van der Waals surface area contributed by atoms with Gasteiger partial charge in [-0.15, -0.1) is 0 Å². The fraction of sp³-hybridized carbons (Fsp3) is 0.261.